The molecular formula is C27H24N4O3S. The fourth-order valence-corrected chi connectivity index (χ4v) is 5.20. The van der Waals surface area contributed by atoms with Gasteiger partial charge in [0.1, 0.15) is 5.75 Å². The van der Waals surface area contributed by atoms with Crippen molar-refractivity contribution in [1.82, 2.24) is 14.9 Å². The van der Waals surface area contributed by atoms with E-state index >= 15 is 0 Å². The predicted molar refractivity (Wildman–Crippen MR) is 138 cm³/mol. The molecule has 1 aliphatic heterocycles. The van der Waals surface area contributed by atoms with Gasteiger partial charge in [-0.25, -0.2) is 4.79 Å². The number of hydrogen-bond acceptors (Lipinski definition) is 4. The van der Waals surface area contributed by atoms with Crippen LogP contribution in [0.3, 0.4) is 0 Å². The molecule has 8 heteroatoms. The summed E-state index contributed by atoms with van der Waals surface area (Å²) in [6.45, 7) is 4.00. The van der Waals surface area contributed by atoms with Gasteiger partial charge < -0.3 is 25.0 Å². The summed E-state index contributed by atoms with van der Waals surface area (Å²) in [6.07, 6.45) is 1.75. The Kier molecular flexibility index (Phi) is 5.74. The lowest BCUT2D eigenvalue weighted by Gasteiger charge is -2.28. The van der Waals surface area contributed by atoms with Crippen molar-refractivity contribution < 1.29 is 15.0 Å². The lowest BCUT2D eigenvalue weighted by Crippen LogP contribution is -2.29. The maximum atomic E-state index is 11.6. The molecule has 3 heterocycles. The monoisotopic (exact) mass is 484 g/mol. The van der Waals surface area contributed by atoms with Crippen molar-refractivity contribution in [1.29, 1.82) is 0 Å². The van der Waals surface area contributed by atoms with Gasteiger partial charge in [0.15, 0.2) is 5.11 Å². The molecule has 35 heavy (non-hydrogen) atoms. The highest BCUT2D eigenvalue weighted by molar-refractivity contribution is 7.80. The van der Waals surface area contributed by atoms with Gasteiger partial charge in [-0.05, 0) is 80.2 Å². The summed E-state index contributed by atoms with van der Waals surface area (Å²) in [5, 5.41) is 24.1. The number of thiocarbonyl (C=S) groups is 1. The number of aromatic carboxylic acids is 1. The van der Waals surface area contributed by atoms with Crippen molar-refractivity contribution in [3.05, 3.63) is 107 Å². The number of benzene rings is 2. The molecular weight excluding hydrogens is 460 g/mol. The standard InChI is InChI=1S/C27H24N4O3S/c1-16-14-20(17(2)30(16)19-9-7-8-18(15-19)26(33)34)25-24(21-10-5-6-13-28-21)29-27(35)31(25)22-11-3-4-12-23(22)32/h3-15,24-25,32H,1-2H3,(H,29,35)(H,33,34)/t24-,25+/m1/s1. The molecule has 2 atom stereocenters. The van der Waals surface area contributed by atoms with E-state index in [1.807, 2.05) is 59.7 Å². The first kappa shape index (κ1) is 22.6. The summed E-state index contributed by atoms with van der Waals surface area (Å²) >= 11 is 5.76. The fourth-order valence-electron chi connectivity index (χ4n) is 4.86. The third kappa shape index (κ3) is 3.91. The Labute approximate surface area is 208 Å². The van der Waals surface area contributed by atoms with Gasteiger partial charge in [0.2, 0.25) is 0 Å². The minimum atomic E-state index is -0.971. The number of hydrogen-bond donors (Lipinski definition) is 3. The largest absolute Gasteiger partial charge is 0.506 e. The van der Waals surface area contributed by atoms with Gasteiger partial charge in [0, 0.05) is 23.3 Å². The summed E-state index contributed by atoms with van der Waals surface area (Å²) in [6, 6.07) is 21.3. The van der Waals surface area contributed by atoms with Crippen LogP contribution in [-0.4, -0.2) is 30.8 Å². The summed E-state index contributed by atoms with van der Waals surface area (Å²) in [4.78, 5) is 18.1. The number of phenols is 1. The Hall–Kier alpha value is -4.17. The first-order valence-corrected chi connectivity index (χ1v) is 11.6. The van der Waals surface area contributed by atoms with E-state index in [-0.39, 0.29) is 23.4 Å². The molecule has 0 radical (unpaired) electrons. The zero-order chi connectivity index (χ0) is 24.7. The van der Waals surface area contributed by atoms with Crippen LogP contribution in [0, 0.1) is 13.8 Å². The van der Waals surface area contributed by atoms with Crippen LogP contribution in [0.5, 0.6) is 5.75 Å². The number of aryl methyl sites for hydroxylation is 1. The topological polar surface area (TPSA) is 90.6 Å². The summed E-state index contributed by atoms with van der Waals surface area (Å²) in [7, 11) is 0. The minimum absolute atomic E-state index is 0.131. The van der Waals surface area contributed by atoms with E-state index in [2.05, 4.69) is 16.4 Å². The van der Waals surface area contributed by atoms with Gasteiger partial charge in [0.25, 0.3) is 0 Å². The van der Waals surface area contributed by atoms with E-state index in [1.54, 1.807) is 36.5 Å². The molecule has 0 aliphatic carbocycles. The predicted octanol–water partition coefficient (Wildman–Crippen LogP) is 5.07. The van der Waals surface area contributed by atoms with E-state index in [9.17, 15) is 15.0 Å². The molecule has 4 aromatic rings. The second-order valence-electron chi connectivity index (χ2n) is 8.50. The van der Waals surface area contributed by atoms with Gasteiger partial charge in [-0.3, -0.25) is 4.98 Å². The smallest absolute Gasteiger partial charge is 0.335 e. The van der Waals surface area contributed by atoms with Crippen molar-refractivity contribution >= 4 is 29.0 Å². The highest BCUT2D eigenvalue weighted by Gasteiger charge is 2.43. The van der Waals surface area contributed by atoms with Crippen LogP contribution < -0.4 is 10.2 Å². The average Bonchev–Trinajstić information content (AvgIpc) is 3.35. The number of carbonyl (C=O) groups is 1. The van der Waals surface area contributed by atoms with E-state index in [1.165, 1.54) is 0 Å². The number of nitrogens with one attached hydrogen (secondary N) is 1. The van der Waals surface area contributed by atoms with E-state index in [0.717, 1.165) is 28.3 Å². The number of anilines is 1. The minimum Gasteiger partial charge on any atom is -0.506 e. The van der Waals surface area contributed by atoms with Crippen molar-refractivity contribution in [2.45, 2.75) is 25.9 Å². The molecule has 0 spiro atoms. The third-order valence-corrected chi connectivity index (χ3v) is 6.69. The van der Waals surface area contributed by atoms with Crippen LogP contribution in [0.15, 0.2) is 79.0 Å². The highest BCUT2D eigenvalue weighted by atomic mass is 32.1. The molecule has 5 rings (SSSR count). The molecule has 0 unspecified atom stereocenters. The molecule has 0 saturated carbocycles. The SMILES string of the molecule is Cc1cc([C@H]2[C@@H](c3ccccn3)NC(=S)N2c2ccccc2O)c(C)n1-c1cccc(C(=O)O)c1. The first-order chi connectivity index (χ1) is 16.9. The van der Waals surface area contributed by atoms with Gasteiger partial charge in [-0.15, -0.1) is 0 Å². The van der Waals surface area contributed by atoms with Crippen LogP contribution in [-0.2, 0) is 0 Å². The normalized spacial score (nSPS) is 17.4. The number of aromatic hydroxyl groups is 1. The van der Waals surface area contributed by atoms with Crippen LogP contribution in [0.25, 0.3) is 5.69 Å². The molecule has 7 nitrogen and oxygen atoms in total. The first-order valence-electron chi connectivity index (χ1n) is 11.2. The Morgan fingerprint density at radius 3 is 2.51 bits per heavy atom. The van der Waals surface area contributed by atoms with Crippen LogP contribution in [0.1, 0.15) is 45.1 Å². The molecule has 1 saturated heterocycles. The second-order valence-corrected chi connectivity index (χ2v) is 8.89. The van der Waals surface area contributed by atoms with Crippen LogP contribution in [0.2, 0.25) is 0 Å². The molecule has 0 bridgehead atoms. The highest BCUT2D eigenvalue weighted by Crippen LogP contribution is 2.45. The Morgan fingerprint density at radius 2 is 1.80 bits per heavy atom. The number of carboxylic acids is 1. The van der Waals surface area contributed by atoms with E-state index in [0.29, 0.717) is 10.8 Å². The lowest BCUT2D eigenvalue weighted by molar-refractivity contribution is 0.0697. The van der Waals surface area contributed by atoms with Gasteiger partial charge in [-0.1, -0.05) is 24.3 Å². The Balaban J connectivity index is 1.69. The van der Waals surface area contributed by atoms with Gasteiger partial charge in [0.05, 0.1) is 29.0 Å². The quantitative estimate of drug-likeness (QED) is 0.341. The molecule has 1 fully saturated rings. The number of nitrogens with zero attached hydrogens (tertiary/aromatic N) is 3. The fraction of sp³-hybridized carbons (Fsp3) is 0.148. The molecule has 1 aliphatic rings. The summed E-state index contributed by atoms with van der Waals surface area (Å²) < 4.78 is 2.04. The van der Waals surface area contributed by atoms with Crippen molar-refractivity contribution in [3.63, 3.8) is 0 Å². The molecule has 3 N–H and O–H groups in total. The van der Waals surface area contributed by atoms with Gasteiger partial charge in [-0.2, -0.15) is 0 Å². The van der Waals surface area contributed by atoms with E-state index < -0.39 is 5.97 Å². The number of phenolic OH excluding ortho intramolecular Hbond substituents is 1. The Morgan fingerprint density at radius 1 is 1.03 bits per heavy atom. The lowest BCUT2D eigenvalue weighted by atomic mass is 9.96. The van der Waals surface area contributed by atoms with Crippen molar-refractivity contribution in [2.24, 2.45) is 0 Å². The summed E-state index contributed by atoms with van der Waals surface area (Å²) in [5.41, 5.74) is 5.32. The number of aromatic nitrogens is 2. The molecule has 0 amide bonds. The number of rotatable bonds is 5. The third-order valence-electron chi connectivity index (χ3n) is 6.38. The Bertz CT molecular complexity index is 1430. The number of para-hydroxylation sites is 2. The summed E-state index contributed by atoms with van der Waals surface area (Å²) in [5.74, 6) is -0.841. The zero-order valence-electron chi connectivity index (χ0n) is 19.2. The number of carboxylic acid groups (broad SMARTS) is 1. The molecule has 176 valence electrons. The van der Waals surface area contributed by atoms with Crippen LogP contribution in [0.4, 0.5) is 5.69 Å². The molecule has 2 aromatic carbocycles. The van der Waals surface area contributed by atoms with Crippen molar-refractivity contribution in [3.8, 4) is 11.4 Å². The number of pyridine rings is 1. The average molecular weight is 485 g/mol. The maximum Gasteiger partial charge on any atom is 0.335 e. The van der Waals surface area contributed by atoms with E-state index in [4.69, 9.17) is 12.2 Å². The van der Waals surface area contributed by atoms with Crippen molar-refractivity contribution in [2.75, 3.05) is 4.90 Å². The van der Waals surface area contributed by atoms with Crippen LogP contribution >= 0.6 is 12.2 Å². The molecule has 2 aromatic heterocycles. The van der Waals surface area contributed by atoms with Gasteiger partial charge >= 0.3 is 5.97 Å². The zero-order valence-corrected chi connectivity index (χ0v) is 20.0. The second kappa shape index (κ2) is 8.88. The maximum absolute atomic E-state index is 11.6.